The van der Waals surface area contributed by atoms with Crippen LogP contribution in [0.2, 0.25) is 10.0 Å². The Morgan fingerprint density at radius 1 is 1.22 bits per heavy atom. The van der Waals surface area contributed by atoms with Crippen molar-refractivity contribution in [2.24, 2.45) is 0 Å². The first-order chi connectivity index (χ1) is 11.1. The second-order valence-electron chi connectivity index (χ2n) is 5.12. The maximum atomic E-state index is 12.2. The summed E-state index contributed by atoms with van der Waals surface area (Å²) in [5.41, 5.74) is 2.21. The first-order valence-corrected chi connectivity index (χ1v) is 8.03. The zero-order valence-corrected chi connectivity index (χ0v) is 14.0. The number of nitrogens with one attached hydrogen (secondary N) is 1. The van der Waals surface area contributed by atoms with Gasteiger partial charge in [0.25, 0.3) is 5.91 Å². The average Bonchev–Trinajstić information content (AvgIpc) is 2.89. The summed E-state index contributed by atoms with van der Waals surface area (Å²) in [5.74, 6) is -0.176. The molecular formula is C17H15Cl2N3O. The molecule has 0 fully saturated rings. The molecule has 0 aliphatic carbocycles. The van der Waals surface area contributed by atoms with E-state index in [0.717, 1.165) is 16.5 Å². The number of para-hydroxylation sites is 1. The lowest BCUT2D eigenvalue weighted by Crippen LogP contribution is -2.23. The molecule has 0 unspecified atom stereocenters. The maximum Gasteiger partial charge on any atom is 0.272 e. The second-order valence-corrected chi connectivity index (χ2v) is 5.96. The summed E-state index contributed by atoms with van der Waals surface area (Å²) in [5, 5.41) is 9.26. The molecule has 0 aliphatic rings. The van der Waals surface area contributed by atoms with Crippen LogP contribution in [0.3, 0.4) is 0 Å². The monoisotopic (exact) mass is 347 g/mol. The first kappa shape index (κ1) is 15.8. The Kier molecular flexibility index (Phi) is 4.55. The maximum absolute atomic E-state index is 12.2. The molecule has 1 aromatic heterocycles. The van der Waals surface area contributed by atoms with Gasteiger partial charge >= 0.3 is 0 Å². The van der Waals surface area contributed by atoms with Gasteiger partial charge < -0.3 is 5.32 Å². The third-order valence-electron chi connectivity index (χ3n) is 3.55. The van der Waals surface area contributed by atoms with Crippen molar-refractivity contribution in [2.75, 3.05) is 6.54 Å². The normalized spacial score (nSPS) is 10.9. The topological polar surface area (TPSA) is 46.9 Å². The predicted molar refractivity (Wildman–Crippen MR) is 93.3 cm³/mol. The molecular weight excluding hydrogens is 333 g/mol. The number of hydrogen-bond donors (Lipinski definition) is 1. The van der Waals surface area contributed by atoms with Gasteiger partial charge in [-0.25, -0.2) is 0 Å². The van der Waals surface area contributed by atoms with Crippen LogP contribution >= 0.6 is 23.2 Å². The van der Waals surface area contributed by atoms with Crippen molar-refractivity contribution in [3.8, 4) is 0 Å². The number of fused-ring (bicyclic) bond motifs is 1. The van der Waals surface area contributed by atoms with Gasteiger partial charge in [0.2, 0.25) is 0 Å². The van der Waals surface area contributed by atoms with E-state index in [1.54, 1.807) is 16.8 Å². The minimum absolute atomic E-state index is 0.176. The van der Waals surface area contributed by atoms with Crippen molar-refractivity contribution in [2.45, 2.75) is 13.5 Å². The zero-order chi connectivity index (χ0) is 16.4. The number of hydrogen-bond acceptors (Lipinski definition) is 2. The van der Waals surface area contributed by atoms with E-state index >= 15 is 0 Å². The molecule has 3 aromatic rings. The molecule has 0 bridgehead atoms. The Balaban J connectivity index is 2.05. The number of amides is 1. The molecule has 2 aromatic carbocycles. The van der Waals surface area contributed by atoms with Gasteiger partial charge in [0.15, 0.2) is 5.69 Å². The number of nitrogens with zero attached hydrogens (tertiary/aromatic N) is 2. The number of benzene rings is 2. The molecule has 3 rings (SSSR count). The van der Waals surface area contributed by atoms with Gasteiger partial charge in [0, 0.05) is 22.0 Å². The summed E-state index contributed by atoms with van der Waals surface area (Å²) in [6.45, 7) is 2.91. The van der Waals surface area contributed by atoms with Gasteiger partial charge in [-0.05, 0) is 30.7 Å². The molecule has 118 valence electrons. The van der Waals surface area contributed by atoms with Crippen molar-refractivity contribution in [3.63, 3.8) is 0 Å². The largest absolute Gasteiger partial charge is 0.351 e. The molecule has 6 heteroatoms. The molecule has 23 heavy (non-hydrogen) atoms. The lowest BCUT2D eigenvalue weighted by atomic mass is 10.2. The Labute approximate surface area is 144 Å². The highest BCUT2D eigenvalue weighted by Crippen LogP contribution is 2.24. The minimum Gasteiger partial charge on any atom is -0.351 e. The van der Waals surface area contributed by atoms with Crippen LogP contribution in [0.4, 0.5) is 0 Å². The lowest BCUT2D eigenvalue weighted by Gasteiger charge is -2.06. The Morgan fingerprint density at radius 2 is 2.00 bits per heavy atom. The van der Waals surface area contributed by atoms with Crippen molar-refractivity contribution in [1.82, 2.24) is 15.1 Å². The summed E-state index contributed by atoms with van der Waals surface area (Å²) in [7, 11) is 0. The van der Waals surface area contributed by atoms with Crippen molar-refractivity contribution < 1.29 is 4.79 Å². The fourth-order valence-electron chi connectivity index (χ4n) is 2.47. The van der Waals surface area contributed by atoms with Crippen molar-refractivity contribution in [3.05, 3.63) is 63.8 Å². The SMILES string of the molecule is CCNC(=O)c1nn(Cc2ccc(Cl)cc2Cl)c2ccccc12. The van der Waals surface area contributed by atoms with E-state index in [-0.39, 0.29) is 5.91 Å². The van der Waals surface area contributed by atoms with Crippen molar-refractivity contribution in [1.29, 1.82) is 0 Å². The average molecular weight is 348 g/mol. The Morgan fingerprint density at radius 3 is 2.74 bits per heavy atom. The molecule has 0 radical (unpaired) electrons. The number of carbonyl (C=O) groups excluding carboxylic acids is 1. The van der Waals surface area contributed by atoms with E-state index in [9.17, 15) is 4.79 Å². The second kappa shape index (κ2) is 6.60. The number of aromatic nitrogens is 2. The van der Waals surface area contributed by atoms with Gasteiger partial charge in [-0.2, -0.15) is 5.10 Å². The highest BCUT2D eigenvalue weighted by molar-refractivity contribution is 6.35. The van der Waals surface area contributed by atoms with E-state index in [1.807, 2.05) is 37.3 Å². The van der Waals surface area contributed by atoms with Crippen LogP contribution in [0, 0.1) is 0 Å². The third-order valence-corrected chi connectivity index (χ3v) is 4.13. The third kappa shape index (κ3) is 3.19. The standard InChI is InChI=1S/C17H15Cl2N3O/c1-2-20-17(23)16-13-5-3-4-6-15(13)22(21-16)10-11-7-8-12(18)9-14(11)19/h3-9H,2,10H2,1H3,(H,20,23). The van der Waals surface area contributed by atoms with Gasteiger partial charge in [-0.1, -0.05) is 47.5 Å². The van der Waals surface area contributed by atoms with Crippen LogP contribution in [0.15, 0.2) is 42.5 Å². The van der Waals surface area contributed by atoms with Crippen LogP contribution in [0.1, 0.15) is 23.0 Å². The van der Waals surface area contributed by atoms with E-state index in [0.29, 0.717) is 28.8 Å². The molecule has 1 N–H and O–H groups in total. The highest BCUT2D eigenvalue weighted by Gasteiger charge is 2.16. The van der Waals surface area contributed by atoms with Crippen LogP contribution in [-0.4, -0.2) is 22.2 Å². The zero-order valence-electron chi connectivity index (χ0n) is 12.5. The van der Waals surface area contributed by atoms with Gasteiger partial charge in [0.1, 0.15) is 0 Å². The van der Waals surface area contributed by atoms with Crippen LogP contribution in [0.5, 0.6) is 0 Å². The smallest absolute Gasteiger partial charge is 0.272 e. The predicted octanol–water partition coefficient (Wildman–Crippen LogP) is 4.14. The van der Waals surface area contributed by atoms with Gasteiger partial charge in [0.05, 0.1) is 12.1 Å². The number of halogens is 2. The molecule has 0 aliphatic heterocycles. The van der Waals surface area contributed by atoms with E-state index in [2.05, 4.69) is 10.4 Å². The summed E-state index contributed by atoms with van der Waals surface area (Å²) in [6.07, 6.45) is 0. The fourth-order valence-corrected chi connectivity index (χ4v) is 2.94. The number of rotatable bonds is 4. The van der Waals surface area contributed by atoms with Gasteiger partial charge in [-0.3, -0.25) is 9.48 Å². The Bertz CT molecular complexity index is 873. The lowest BCUT2D eigenvalue weighted by molar-refractivity contribution is 0.0951. The minimum atomic E-state index is -0.176. The van der Waals surface area contributed by atoms with Crippen molar-refractivity contribution >= 4 is 40.0 Å². The molecule has 1 amide bonds. The summed E-state index contributed by atoms with van der Waals surface area (Å²) < 4.78 is 1.79. The van der Waals surface area contributed by atoms with E-state index in [4.69, 9.17) is 23.2 Å². The van der Waals surface area contributed by atoms with Crippen LogP contribution < -0.4 is 5.32 Å². The number of carbonyl (C=O) groups is 1. The molecule has 0 atom stereocenters. The quantitative estimate of drug-likeness (QED) is 0.770. The van der Waals surface area contributed by atoms with Crippen LogP contribution in [0.25, 0.3) is 10.9 Å². The molecule has 0 saturated heterocycles. The highest BCUT2D eigenvalue weighted by atomic mass is 35.5. The van der Waals surface area contributed by atoms with E-state index < -0.39 is 0 Å². The summed E-state index contributed by atoms with van der Waals surface area (Å²) in [4.78, 5) is 12.2. The van der Waals surface area contributed by atoms with Gasteiger partial charge in [-0.15, -0.1) is 0 Å². The molecule has 0 spiro atoms. The summed E-state index contributed by atoms with van der Waals surface area (Å²) in [6, 6.07) is 13.0. The Hall–Kier alpha value is -2.04. The molecule has 1 heterocycles. The molecule has 0 saturated carbocycles. The first-order valence-electron chi connectivity index (χ1n) is 7.28. The fraction of sp³-hybridized carbons (Fsp3) is 0.176. The molecule has 4 nitrogen and oxygen atoms in total. The van der Waals surface area contributed by atoms with E-state index in [1.165, 1.54) is 0 Å². The van der Waals surface area contributed by atoms with Crippen LogP contribution in [-0.2, 0) is 6.54 Å². The summed E-state index contributed by atoms with van der Waals surface area (Å²) >= 11 is 12.2.